The van der Waals surface area contributed by atoms with Crippen molar-refractivity contribution in [2.24, 2.45) is 5.73 Å². The van der Waals surface area contributed by atoms with E-state index in [1.807, 2.05) is 20.8 Å². The number of ether oxygens (including phenoxy) is 1. The van der Waals surface area contributed by atoms with Crippen molar-refractivity contribution in [3.63, 3.8) is 0 Å². The molecule has 0 saturated heterocycles. The summed E-state index contributed by atoms with van der Waals surface area (Å²) in [7, 11) is 0. The molecule has 3 N–H and O–H groups in total. The van der Waals surface area contributed by atoms with Crippen molar-refractivity contribution in [1.29, 1.82) is 0 Å². The van der Waals surface area contributed by atoms with Crippen LogP contribution < -0.4 is 11.1 Å². The average Bonchev–Trinajstić information content (AvgIpc) is 2.43. The van der Waals surface area contributed by atoms with Gasteiger partial charge in [-0.2, -0.15) is 0 Å². The summed E-state index contributed by atoms with van der Waals surface area (Å²) in [6, 6.07) is 0. The first kappa shape index (κ1) is 19.2. The molecule has 0 radical (unpaired) electrons. The third-order valence-corrected chi connectivity index (χ3v) is 4.14. The van der Waals surface area contributed by atoms with Gasteiger partial charge in [0, 0.05) is 13.1 Å². The molecule has 118 valence electrons. The Morgan fingerprint density at radius 1 is 1.25 bits per heavy atom. The van der Waals surface area contributed by atoms with Crippen LogP contribution in [0.1, 0.15) is 54.4 Å². The summed E-state index contributed by atoms with van der Waals surface area (Å²) in [4.78, 5) is 24.3. The molecule has 0 aromatic heterocycles. The van der Waals surface area contributed by atoms with E-state index in [0.29, 0.717) is 25.9 Å². The van der Waals surface area contributed by atoms with Crippen LogP contribution in [-0.4, -0.2) is 41.9 Å². The molecule has 0 amide bonds. The molecule has 0 fully saturated rings. The Hall–Kier alpha value is -0.780. The first-order valence-electron chi connectivity index (χ1n) is 7.35. The van der Waals surface area contributed by atoms with E-state index in [1.54, 1.807) is 13.8 Å². The summed E-state index contributed by atoms with van der Waals surface area (Å²) in [5, 5.41) is 3.17. The van der Waals surface area contributed by atoms with E-state index in [2.05, 4.69) is 5.32 Å². The van der Waals surface area contributed by atoms with Gasteiger partial charge in [-0.1, -0.05) is 13.8 Å². The largest absolute Gasteiger partial charge is 0.357 e. The van der Waals surface area contributed by atoms with Gasteiger partial charge >= 0.3 is 0 Å². The first-order chi connectivity index (χ1) is 9.16. The summed E-state index contributed by atoms with van der Waals surface area (Å²) in [6.45, 7) is 11.6. The molecule has 0 aromatic rings. The van der Waals surface area contributed by atoms with E-state index in [0.717, 1.165) is 0 Å². The number of hydrogen-bond acceptors (Lipinski definition) is 5. The van der Waals surface area contributed by atoms with E-state index < -0.39 is 17.2 Å². The van der Waals surface area contributed by atoms with Crippen LogP contribution in [0, 0.1) is 0 Å². The lowest BCUT2D eigenvalue weighted by atomic mass is 9.89. The summed E-state index contributed by atoms with van der Waals surface area (Å²) in [5.41, 5.74) is 3.90. The molecule has 0 aliphatic rings. The van der Waals surface area contributed by atoms with E-state index in [1.165, 1.54) is 6.92 Å². The van der Waals surface area contributed by atoms with Gasteiger partial charge in [0.15, 0.2) is 11.6 Å². The average molecular weight is 286 g/mol. The summed E-state index contributed by atoms with van der Waals surface area (Å²) >= 11 is 0. The molecule has 3 atom stereocenters. The minimum absolute atomic E-state index is 0.0469. The first-order valence-corrected chi connectivity index (χ1v) is 7.35. The van der Waals surface area contributed by atoms with E-state index >= 15 is 0 Å². The normalized spacial score (nSPS) is 18.9. The lowest BCUT2D eigenvalue weighted by Gasteiger charge is -2.35. The van der Waals surface area contributed by atoms with Gasteiger partial charge in [0.2, 0.25) is 0 Å². The molecule has 0 heterocycles. The quantitative estimate of drug-likeness (QED) is 0.635. The molecule has 20 heavy (non-hydrogen) atoms. The number of Topliss-reactive ketones (excluding diaryl/α,β-unsaturated/α-hetero) is 2. The Labute approximate surface area is 122 Å². The molecular weight excluding hydrogens is 256 g/mol. The van der Waals surface area contributed by atoms with Gasteiger partial charge in [-0.25, -0.2) is 0 Å². The van der Waals surface area contributed by atoms with Crippen molar-refractivity contribution < 1.29 is 14.3 Å². The molecule has 0 aromatic carbocycles. The second-order valence-corrected chi connectivity index (χ2v) is 5.67. The number of nitrogens with one attached hydrogen (secondary N) is 1. The fourth-order valence-electron chi connectivity index (χ4n) is 2.04. The number of rotatable bonds is 10. The lowest BCUT2D eigenvalue weighted by Crippen LogP contribution is -2.56. The Balaban J connectivity index is 4.95. The predicted molar refractivity (Wildman–Crippen MR) is 80.7 cm³/mol. The van der Waals surface area contributed by atoms with Gasteiger partial charge < -0.3 is 15.8 Å². The van der Waals surface area contributed by atoms with Crippen LogP contribution in [-0.2, 0) is 14.3 Å². The zero-order chi connectivity index (χ0) is 16.0. The van der Waals surface area contributed by atoms with Gasteiger partial charge in [-0.3, -0.25) is 9.59 Å². The summed E-state index contributed by atoms with van der Waals surface area (Å²) in [6.07, 6.45) is 0.542. The maximum atomic E-state index is 12.6. The number of ketones is 2. The highest BCUT2D eigenvalue weighted by atomic mass is 16.5. The topological polar surface area (TPSA) is 81.4 Å². The fraction of sp³-hybridized carbons (Fsp3) is 0.867. The molecule has 0 rings (SSSR count). The zero-order valence-electron chi connectivity index (χ0n) is 13.7. The van der Waals surface area contributed by atoms with E-state index in [-0.39, 0.29) is 11.6 Å². The van der Waals surface area contributed by atoms with Gasteiger partial charge in [0.1, 0.15) is 11.7 Å². The fourth-order valence-corrected chi connectivity index (χ4v) is 2.04. The highest BCUT2D eigenvalue weighted by Gasteiger charge is 2.39. The highest BCUT2D eigenvalue weighted by Crippen LogP contribution is 2.22. The zero-order valence-corrected chi connectivity index (χ0v) is 13.7. The van der Waals surface area contributed by atoms with Gasteiger partial charge in [-0.05, 0) is 40.5 Å². The molecule has 0 bridgehead atoms. The Kier molecular flexibility index (Phi) is 7.55. The molecule has 0 saturated carbocycles. The van der Waals surface area contributed by atoms with Crippen LogP contribution in [0.5, 0.6) is 0 Å². The maximum Gasteiger partial charge on any atom is 0.180 e. The third-order valence-electron chi connectivity index (χ3n) is 4.14. The minimum Gasteiger partial charge on any atom is -0.357 e. The molecule has 2 unspecified atom stereocenters. The predicted octanol–water partition coefficient (Wildman–Crippen LogP) is 1.44. The Bertz CT molecular complexity index is 346. The van der Waals surface area contributed by atoms with Crippen LogP contribution in [0.4, 0.5) is 0 Å². The number of carbonyl (C=O) groups excluding carboxylic acids is 2. The van der Waals surface area contributed by atoms with E-state index in [4.69, 9.17) is 10.5 Å². The monoisotopic (exact) mass is 286 g/mol. The number of carbonyl (C=O) groups is 2. The molecular formula is C15H30N2O3. The van der Waals surface area contributed by atoms with Crippen molar-refractivity contribution in [3.8, 4) is 0 Å². The van der Waals surface area contributed by atoms with Gasteiger partial charge in [0.05, 0.1) is 5.54 Å². The van der Waals surface area contributed by atoms with Crippen LogP contribution in [0.25, 0.3) is 0 Å². The molecule has 0 aliphatic carbocycles. The minimum atomic E-state index is -0.905. The van der Waals surface area contributed by atoms with Crippen LogP contribution in [0.15, 0.2) is 0 Å². The van der Waals surface area contributed by atoms with Crippen molar-refractivity contribution in [2.75, 3.05) is 13.1 Å². The number of nitrogens with two attached hydrogens (primary N) is 1. The van der Waals surface area contributed by atoms with Crippen LogP contribution in [0.2, 0.25) is 0 Å². The maximum absolute atomic E-state index is 12.6. The lowest BCUT2D eigenvalue weighted by molar-refractivity contribution is -0.158. The second kappa shape index (κ2) is 7.86. The van der Waals surface area contributed by atoms with Crippen molar-refractivity contribution in [2.45, 2.75) is 71.6 Å². The standard InChI is InChI=1S/C15H30N2O3/c1-7-14(5,17-10-9-16)13(19)11(3)20-15(6,8-2)12(4)18/h11,17H,7-10,16H2,1-6H3/t11-,14?,15?/m0/s1. The molecule has 5 nitrogen and oxygen atoms in total. The highest BCUT2D eigenvalue weighted by molar-refractivity contribution is 5.92. The third kappa shape index (κ3) is 4.65. The van der Waals surface area contributed by atoms with E-state index in [9.17, 15) is 9.59 Å². The van der Waals surface area contributed by atoms with Crippen molar-refractivity contribution in [3.05, 3.63) is 0 Å². The van der Waals surface area contributed by atoms with Crippen LogP contribution >= 0.6 is 0 Å². The Morgan fingerprint density at radius 3 is 2.15 bits per heavy atom. The summed E-state index contributed by atoms with van der Waals surface area (Å²) < 4.78 is 5.77. The Morgan fingerprint density at radius 2 is 1.80 bits per heavy atom. The molecule has 5 heteroatoms. The smallest absolute Gasteiger partial charge is 0.180 e. The van der Waals surface area contributed by atoms with Crippen molar-refractivity contribution in [1.82, 2.24) is 5.32 Å². The second-order valence-electron chi connectivity index (χ2n) is 5.67. The van der Waals surface area contributed by atoms with Crippen molar-refractivity contribution >= 4 is 11.6 Å². The molecule has 0 spiro atoms. The van der Waals surface area contributed by atoms with Gasteiger partial charge in [0.25, 0.3) is 0 Å². The SMILES string of the molecule is CCC(C)(NCCN)C(=O)[C@H](C)OC(C)(CC)C(C)=O. The van der Waals surface area contributed by atoms with Gasteiger partial charge in [-0.15, -0.1) is 0 Å². The number of hydrogen-bond donors (Lipinski definition) is 2. The van der Waals surface area contributed by atoms with Crippen LogP contribution in [0.3, 0.4) is 0 Å². The molecule has 0 aliphatic heterocycles. The summed E-state index contributed by atoms with van der Waals surface area (Å²) in [5.74, 6) is -0.109.